The highest BCUT2D eigenvalue weighted by molar-refractivity contribution is 7.13. The van der Waals surface area contributed by atoms with Gasteiger partial charge in [0, 0.05) is 18.5 Å². The number of anilines is 1. The van der Waals surface area contributed by atoms with Crippen LogP contribution >= 0.6 is 11.3 Å². The molecule has 0 spiro atoms. The van der Waals surface area contributed by atoms with Gasteiger partial charge in [0.25, 0.3) is 5.91 Å². The molecule has 0 unspecified atom stereocenters. The third kappa shape index (κ3) is 4.35. The maximum atomic E-state index is 13.8. The van der Waals surface area contributed by atoms with Crippen molar-refractivity contribution in [2.45, 2.75) is 19.4 Å². The van der Waals surface area contributed by atoms with E-state index in [0.717, 1.165) is 10.4 Å². The van der Waals surface area contributed by atoms with Crippen molar-refractivity contribution in [2.24, 2.45) is 0 Å². The molecule has 1 N–H and O–H groups in total. The summed E-state index contributed by atoms with van der Waals surface area (Å²) in [7, 11) is 0. The van der Waals surface area contributed by atoms with Crippen molar-refractivity contribution in [3.05, 3.63) is 83.2 Å². The smallest absolute Gasteiger partial charge is 0.295 e. The van der Waals surface area contributed by atoms with Gasteiger partial charge >= 0.3 is 0 Å². The highest BCUT2D eigenvalue weighted by Crippen LogP contribution is 2.26. The van der Waals surface area contributed by atoms with Crippen LogP contribution in [0.1, 0.15) is 29.0 Å². The van der Waals surface area contributed by atoms with E-state index in [1.54, 1.807) is 36.4 Å². The van der Waals surface area contributed by atoms with Crippen LogP contribution in [0, 0.1) is 5.82 Å². The zero-order valence-electron chi connectivity index (χ0n) is 17.8. The third-order valence-electron chi connectivity index (χ3n) is 5.31. The van der Waals surface area contributed by atoms with Gasteiger partial charge in [-0.2, -0.15) is 0 Å². The van der Waals surface area contributed by atoms with Crippen molar-refractivity contribution >= 4 is 34.7 Å². The van der Waals surface area contributed by atoms with Crippen molar-refractivity contribution in [1.82, 2.24) is 19.7 Å². The summed E-state index contributed by atoms with van der Waals surface area (Å²) in [6.45, 7) is 0.204. The molecular formula is C24H18FN5O3S. The van der Waals surface area contributed by atoms with E-state index in [1.807, 2.05) is 17.5 Å². The lowest BCUT2D eigenvalue weighted by Crippen LogP contribution is -2.28. The van der Waals surface area contributed by atoms with Crippen molar-refractivity contribution in [3.63, 3.8) is 0 Å². The van der Waals surface area contributed by atoms with Crippen molar-refractivity contribution in [2.75, 3.05) is 5.32 Å². The molecule has 0 aliphatic carbocycles. The van der Waals surface area contributed by atoms with E-state index in [4.69, 9.17) is 0 Å². The van der Waals surface area contributed by atoms with Crippen LogP contribution in [0.2, 0.25) is 0 Å². The second kappa shape index (κ2) is 8.99. The summed E-state index contributed by atoms with van der Waals surface area (Å²) in [5.41, 5.74) is 1.73. The zero-order chi connectivity index (χ0) is 23.7. The molecule has 0 bridgehead atoms. The molecule has 0 radical (unpaired) electrons. The van der Waals surface area contributed by atoms with Gasteiger partial charge in [0.1, 0.15) is 5.82 Å². The Morgan fingerprint density at radius 3 is 2.47 bits per heavy atom. The molecule has 3 heterocycles. The van der Waals surface area contributed by atoms with Crippen LogP contribution in [0.5, 0.6) is 0 Å². The number of nitrogens with zero attached hydrogens (tertiary/aromatic N) is 4. The number of hydrogen-bond acceptors (Lipinski definition) is 6. The van der Waals surface area contributed by atoms with E-state index in [0.29, 0.717) is 17.2 Å². The molecule has 2 aromatic heterocycles. The fourth-order valence-electron chi connectivity index (χ4n) is 3.62. The number of carbonyl (C=O) groups excluding carboxylic acids is 3. The molecule has 0 saturated carbocycles. The average molecular weight is 476 g/mol. The Hall–Kier alpha value is -4.18. The molecule has 10 heteroatoms. The van der Waals surface area contributed by atoms with Gasteiger partial charge < -0.3 is 5.32 Å². The Labute approximate surface area is 197 Å². The Morgan fingerprint density at radius 2 is 1.79 bits per heavy atom. The predicted octanol–water partition coefficient (Wildman–Crippen LogP) is 4.04. The number of carbonyl (C=O) groups is 3. The summed E-state index contributed by atoms with van der Waals surface area (Å²) in [6.07, 6.45) is 0.491. The molecule has 8 nitrogen and oxygen atoms in total. The number of imide groups is 1. The summed E-state index contributed by atoms with van der Waals surface area (Å²) in [6, 6.07) is 16.5. The number of hydrogen-bond donors (Lipinski definition) is 1. The van der Waals surface area contributed by atoms with E-state index < -0.39 is 11.7 Å². The van der Waals surface area contributed by atoms with Crippen LogP contribution in [0.25, 0.3) is 16.4 Å². The third-order valence-corrected chi connectivity index (χ3v) is 6.18. The first-order valence-electron chi connectivity index (χ1n) is 10.5. The SMILES string of the molecule is O=C(Nc1ccc(CN2C(=O)CCC2=O)cc1)c1nc(-c2cccs2)n(-c2cccc(F)c2)n1. The lowest BCUT2D eigenvalue weighted by molar-refractivity contribution is -0.139. The number of nitrogens with one attached hydrogen (secondary N) is 1. The van der Waals surface area contributed by atoms with Gasteiger partial charge in [-0.25, -0.2) is 14.1 Å². The number of rotatable bonds is 6. The molecule has 0 atom stereocenters. The number of amides is 3. The van der Waals surface area contributed by atoms with Gasteiger partial charge in [-0.1, -0.05) is 24.3 Å². The Kier molecular flexibility index (Phi) is 5.72. The molecular weight excluding hydrogens is 457 g/mol. The molecule has 1 aliphatic rings. The van der Waals surface area contributed by atoms with Gasteiger partial charge in [-0.15, -0.1) is 16.4 Å². The summed E-state index contributed by atoms with van der Waals surface area (Å²) in [5.74, 6) is -0.932. The molecule has 4 aromatic rings. The lowest BCUT2D eigenvalue weighted by atomic mass is 10.2. The van der Waals surface area contributed by atoms with Gasteiger partial charge in [0.05, 0.1) is 17.1 Å². The topological polar surface area (TPSA) is 97.2 Å². The average Bonchev–Trinajstić information content (AvgIpc) is 3.57. The summed E-state index contributed by atoms with van der Waals surface area (Å²) in [5, 5.41) is 8.96. The number of aromatic nitrogens is 3. The van der Waals surface area contributed by atoms with E-state index in [2.05, 4.69) is 15.4 Å². The van der Waals surface area contributed by atoms with Gasteiger partial charge in [-0.05, 0) is 47.3 Å². The number of halogens is 1. The molecule has 34 heavy (non-hydrogen) atoms. The number of thiophene rings is 1. The largest absolute Gasteiger partial charge is 0.319 e. The van der Waals surface area contributed by atoms with E-state index >= 15 is 0 Å². The molecule has 170 valence electrons. The Bertz CT molecular complexity index is 1370. The molecule has 5 rings (SSSR count). The summed E-state index contributed by atoms with van der Waals surface area (Å²) in [4.78, 5) is 42.9. The highest BCUT2D eigenvalue weighted by atomic mass is 32.1. The summed E-state index contributed by atoms with van der Waals surface area (Å²) >= 11 is 1.43. The van der Waals surface area contributed by atoms with Crippen molar-refractivity contribution < 1.29 is 18.8 Å². The first-order chi connectivity index (χ1) is 16.5. The van der Waals surface area contributed by atoms with E-state index in [9.17, 15) is 18.8 Å². The highest BCUT2D eigenvalue weighted by Gasteiger charge is 2.28. The molecule has 2 aromatic carbocycles. The minimum Gasteiger partial charge on any atom is -0.319 e. The van der Waals surface area contributed by atoms with Crippen LogP contribution in [-0.4, -0.2) is 37.4 Å². The molecule has 1 fully saturated rings. The lowest BCUT2D eigenvalue weighted by Gasteiger charge is -2.14. The van der Waals surface area contributed by atoms with Crippen molar-refractivity contribution in [1.29, 1.82) is 0 Å². The standard InChI is InChI=1S/C24H18FN5O3S/c25-16-3-1-4-18(13-16)30-23(19-5-2-12-34-19)27-22(28-30)24(33)26-17-8-6-15(7-9-17)14-29-20(31)10-11-21(29)32/h1-9,12-13H,10-11,14H2,(H,26,33). The van der Waals surface area contributed by atoms with Gasteiger partial charge in [-0.3, -0.25) is 19.3 Å². The molecule has 1 aliphatic heterocycles. The maximum absolute atomic E-state index is 13.8. The number of likely N-dealkylation sites (tertiary alicyclic amines) is 1. The van der Waals surface area contributed by atoms with Crippen molar-refractivity contribution in [3.8, 4) is 16.4 Å². The maximum Gasteiger partial charge on any atom is 0.295 e. The van der Waals surface area contributed by atoms with Crippen LogP contribution in [0.15, 0.2) is 66.0 Å². The second-order valence-electron chi connectivity index (χ2n) is 7.65. The minimum atomic E-state index is -0.523. The Morgan fingerprint density at radius 1 is 1.03 bits per heavy atom. The first kappa shape index (κ1) is 21.7. The van der Waals surface area contributed by atoms with E-state index in [1.165, 1.54) is 33.1 Å². The fourth-order valence-corrected chi connectivity index (χ4v) is 4.32. The van der Waals surface area contributed by atoms with Crippen LogP contribution in [0.4, 0.5) is 10.1 Å². The minimum absolute atomic E-state index is 0.0648. The zero-order valence-corrected chi connectivity index (χ0v) is 18.6. The Balaban J connectivity index is 1.36. The fraction of sp³-hybridized carbons (Fsp3) is 0.125. The van der Waals surface area contributed by atoms with Crippen LogP contribution in [0.3, 0.4) is 0 Å². The summed E-state index contributed by atoms with van der Waals surface area (Å²) < 4.78 is 15.2. The second-order valence-corrected chi connectivity index (χ2v) is 8.60. The normalized spacial score (nSPS) is 13.5. The number of benzene rings is 2. The van der Waals surface area contributed by atoms with Crippen LogP contribution in [-0.2, 0) is 16.1 Å². The van der Waals surface area contributed by atoms with E-state index in [-0.39, 0.29) is 37.0 Å². The molecule has 3 amide bonds. The quantitative estimate of drug-likeness (QED) is 0.425. The van der Waals surface area contributed by atoms with Gasteiger partial charge in [0.2, 0.25) is 17.6 Å². The monoisotopic (exact) mass is 475 g/mol. The predicted molar refractivity (Wildman–Crippen MR) is 124 cm³/mol. The van der Waals surface area contributed by atoms with Crippen LogP contribution < -0.4 is 5.32 Å². The molecule has 1 saturated heterocycles. The first-order valence-corrected chi connectivity index (χ1v) is 11.4. The van der Waals surface area contributed by atoms with Gasteiger partial charge in [0.15, 0.2) is 5.82 Å².